The van der Waals surface area contributed by atoms with Crippen molar-refractivity contribution in [2.24, 2.45) is 5.73 Å². The van der Waals surface area contributed by atoms with E-state index in [1.807, 2.05) is 25.1 Å². The molecular weight excluding hydrogens is 177 g/mol. The summed E-state index contributed by atoms with van der Waals surface area (Å²) in [5.74, 6) is 0. The van der Waals surface area contributed by atoms with E-state index in [0.717, 1.165) is 18.4 Å². The Balaban J connectivity index is 2.32. The van der Waals surface area contributed by atoms with Crippen molar-refractivity contribution in [1.29, 1.82) is 0 Å². The standard InChI is InChI=1S/C12H16FN/c1-9(14)12(5-6-12)11-4-2-3-10(7-11)8-13/h2-4,7,9H,5-6,8,14H2,1H3. The van der Waals surface area contributed by atoms with Crippen LogP contribution in [0.2, 0.25) is 0 Å². The molecule has 76 valence electrons. The lowest BCUT2D eigenvalue weighted by molar-refractivity contribution is 0.483. The van der Waals surface area contributed by atoms with Gasteiger partial charge in [-0.1, -0.05) is 24.3 Å². The Kier molecular flexibility index (Phi) is 2.31. The van der Waals surface area contributed by atoms with E-state index in [1.54, 1.807) is 0 Å². The first-order chi connectivity index (χ1) is 6.69. The van der Waals surface area contributed by atoms with E-state index in [2.05, 4.69) is 6.07 Å². The molecule has 1 nitrogen and oxygen atoms in total. The number of benzene rings is 1. The minimum absolute atomic E-state index is 0.144. The molecule has 0 aliphatic heterocycles. The molecule has 0 amide bonds. The highest BCUT2D eigenvalue weighted by molar-refractivity contribution is 5.36. The lowest BCUT2D eigenvalue weighted by Gasteiger charge is -2.20. The topological polar surface area (TPSA) is 26.0 Å². The highest BCUT2D eigenvalue weighted by atomic mass is 19.1. The third-order valence-electron chi connectivity index (χ3n) is 3.32. The molecule has 14 heavy (non-hydrogen) atoms. The smallest absolute Gasteiger partial charge is 0.115 e. The van der Waals surface area contributed by atoms with Crippen LogP contribution in [0.25, 0.3) is 0 Å². The zero-order chi connectivity index (χ0) is 10.2. The van der Waals surface area contributed by atoms with Crippen LogP contribution in [0.3, 0.4) is 0 Å². The Morgan fingerprint density at radius 1 is 1.50 bits per heavy atom. The summed E-state index contributed by atoms with van der Waals surface area (Å²) in [6, 6.07) is 7.93. The Bertz CT molecular complexity index is 329. The van der Waals surface area contributed by atoms with Gasteiger partial charge in [0.15, 0.2) is 0 Å². The predicted molar refractivity (Wildman–Crippen MR) is 55.8 cm³/mol. The van der Waals surface area contributed by atoms with Crippen LogP contribution in [-0.2, 0) is 12.1 Å². The molecule has 1 unspecified atom stereocenters. The van der Waals surface area contributed by atoms with Crippen molar-refractivity contribution in [3.8, 4) is 0 Å². The van der Waals surface area contributed by atoms with Crippen LogP contribution in [-0.4, -0.2) is 6.04 Å². The third-order valence-corrected chi connectivity index (χ3v) is 3.32. The van der Waals surface area contributed by atoms with E-state index < -0.39 is 0 Å². The molecule has 2 rings (SSSR count). The van der Waals surface area contributed by atoms with Gasteiger partial charge in [0.1, 0.15) is 6.67 Å². The van der Waals surface area contributed by atoms with Crippen molar-refractivity contribution in [2.45, 2.75) is 37.9 Å². The summed E-state index contributed by atoms with van der Waals surface area (Å²) in [7, 11) is 0. The number of halogens is 1. The summed E-state index contributed by atoms with van der Waals surface area (Å²) in [5.41, 5.74) is 8.08. The van der Waals surface area contributed by atoms with Gasteiger partial charge in [0.05, 0.1) is 0 Å². The normalized spacial score (nSPS) is 20.5. The average molecular weight is 193 g/mol. The molecule has 0 heterocycles. The van der Waals surface area contributed by atoms with Gasteiger partial charge < -0.3 is 5.73 Å². The van der Waals surface area contributed by atoms with Crippen LogP contribution in [0.15, 0.2) is 24.3 Å². The molecule has 0 radical (unpaired) electrons. The number of hydrogen-bond donors (Lipinski definition) is 1. The number of hydrogen-bond acceptors (Lipinski definition) is 1. The van der Waals surface area contributed by atoms with E-state index in [0.29, 0.717) is 0 Å². The SMILES string of the molecule is CC(N)C1(c2cccc(CF)c2)CC1. The molecule has 1 aromatic rings. The molecule has 2 heteroatoms. The minimum Gasteiger partial charge on any atom is -0.327 e. The Morgan fingerprint density at radius 3 is 2.71 bits per heavy atom. The van der Waals surface area contributed by atoms with Crippen LogP contribution >= 0.6 is 0 Å². The molecular formula is C12H16FN. The van der Waals surface area contributed by atoms with Gasteiger partial charge in [0, 0.05) is 11.5 Å². The number of nitrogens with two attached hydrogens (primary N) is 1. The maximum absolute atomic E-state index is 12.5. The third kappa shape index (κ3) is 1.44. The van der Waals surface area contributed by atoms with Crippen LogP contribution in [0, 0.1) is 0 Å². The van der Waals surface area contributed by atoms with E-state index >= 15 is 0 Å². The van der Waals surface area contributed by atoms with Gasteiger partial charge in [0.25, 0.3) is 0 Å². The monoisotopic (exact) mass is 193 g/mol. The molecule has 0 aromatic heterocycles. The first-order valence-electron chi connectivity index (χ1n) is 5.10. The molecule has 0 bridgehead atoms. The van der Waals surface area contributed by atoms with Crippen LogP contribution in [0.4, 0.5) is 4.39 Å². The van der Waals surface area contributed by atoms with Crippen LogP contribution in [0.5, 0.6) is 0 Å². The molecule has 0 spiro atoms. The van der Waals surface area contributed by atoms with Crippen molar-refractivity contribution in [1.82, 2.24) is 0 Å². The van der Waals surface area contributed by atoms with Gasteiger partial charge in [-0.3, -0.25) is 0 Å². The Labute approximate surface area is 84.1 Å². The second kappa shape index (κ2) is 3.35. The fraction of sp³-hybridized carbons (Fsp3) is 0.500. The van der Waals surface area contributed by atoms with Gasteiger partial charge in [-0.25, -0.2) is 4.39 Å². The lowest BCUT2D eigenvalue weighted by atomic mass is 9.89. The van der Waals surface area contributed by atoms with Crippen LogP contribution < -0.4 is 5.73 Å². The maximum Gasteiger partial charge on any atom is 0.115 e. The van der Waals surface area contributed by atoms with E-state index in [-0.39, 0.29) is 18.1 Å². The molecule has 1 atom stereocenters. The van der Waals surface area contributed by atoms with Crippen molar-refractivity contribution in [3.05, 3.63) is 35.4 Å². The van der Waals surface area contributed by atoms with Gasteiger partial charge in [-0.2, -0.15) is 0 Å². The highest BCUT2D eigenvalue weighted by Crippen LogP contribution is 2.50. The zero-order valence-electron chi connectivity index (χ0n) is 8.46. The minimum atomic E-state index is -0.386. The van der Waals surface area contributed by atoms with Gasteiger partial charge in [-0.15, -0.1) is 0 Å². The molecule has 1 aromatic carbocycles. The van der Waals surface area contributed by atoms with Gasteiger partial charge in [0.2, 0.25) is 0 Å². The predicted octanol–water partition coefficient (Wildman–Crippen LogP) is 2.53. The fourth-order valence-corrected chi connectivity index (χ4v) is 2.11. The fourth-order valence-electron chi connectivity index (χ4n) is 2.11. The van der Waals surface area contributed by atoms with Crippen molar-refractivity contribution < 1.29 is 4.39 Å². The molecule has 1 saturated carbocycles. The largest absolute Gasteiger partial charge is 0.327 e. The summed E-state index contributed by atoms with van der Waals surface area (Å²) >= 11 is 0. The Morgan fingerprint density at radius 2 is 2.21 bits per heavy atom. The average Bonchev–Trinajstić information content (AvgIpc) is 2.98. The molecule has 0 saturated heterocycles. The number of rotatable bonds is 3. The summed E-state index contributed by atoms with van der Waals surface area (Å²) < 4.78 is 12.5. The van der Waals surface area contributed by atoms with Crippen molar-refractivity contribution in [3.63, 3.8) is 0 Å². The molecule has 1 fully saturated rings. The number of alkyl halides is 1. The molecule has 1 aliphatic carbocycles. The van der Waals surface area contributed by atoms with Gasteiger partial charge >= 0.3 is 0 Å². The Hall–Kier alpha value is -0.890. The first-order valence-corrected chi connectivity index (χ1v) is 5.10. The lowest BCUT2D eigenvalue weighted by Crippen LogP contribution is -2.31. The van der Waals surface area contributed by atoms with Crippen molar-refractivity contribution >= 4 is 0 Å². The first kappa shape index (κ1) is 9.66. The maximum atomic E-state index is 12.5. The summed E-state index contributed by atoms with van der Waals surface area (Å²) in [4.78, 5) is 0. The van der Waals surface area contributed by atoms with E-state index in [1.165, 1.54) is 5.56 Å². The van der Waals surface area contributed by atoms with E-state index in [4.69, 9.17) is 5.73 Å². The quantitative estimate of drug-likeness (QED) is 0.784. The summed E-state index contributed by atoms with van der Waals surface area (Å²) in [6.07, 6.45) is 2.28. The van der Waals surface area contributed by atoms with E-state index in [9.17, 15) is 4.39 Å². The highest BCUT2D eigenvalue weighted by Gasteiger charge is 2.47. The zero-order valence-corrected chi connectivity index (χ0v) is 8.46. The summed E-state index contributed by atoms with van der Waals surface area (Å²) in [5, 5.41) is 0. The van der Waals surface area contributed by atoms with Crippen LogP contribution in [0.1, 0.15) is 30.9 Å². The van der Waals surface area contributed by atoms with Gasteiger partial charge in [-0.05, 0) is 30.9 Å². The molecule has 1 aliphatic rings. The second-order valence-electron chi connectivity index (χ2n) is 4.28. The van der Waals surface area contributed by atoms with Crippen molar-refractivity contribution in [2.75, 3.05) is 0 Å². The summed E-state index contributed by atoms with van der Waals surface area (Å²) in [6.45, 7) is 1.65. The second-order valence-corrected chi connectivity index (χ2v) is 4.28. The molecule has 2 N–H and O–H groups in total.